The van der Waals surface area contributed by atoms with E-state index in [-0.39, 0.29) is 5.56 Å². The minimum Gasteiger partial charge on any atom is -0.367 e. The van der Waals surface area contributed by atoms with Crippen molar-refractivity contribution >= 4 is 17.5 Å². The van der Waals surface area contributed by atoms with Crippen LogP contribution in [0.3, 0.4) is 0 Å². The molecule has 0 bridgehead atoms. The van der Waals surface area contributed by atoms with Crippen LogP contribution in [-0.4, -0.2) is 50.2 Å². The highest BCUT2D eigenvalue weighted by atomic mass is 19.1. The van der Waals surface area contributed by atoms with Gasteiger partial charge in [0.2, 0.25) is 5.95 Å². The quantitative estimate of drug-likeness (QED) is 0.858. The maximum Gasteiger partial charge on any atom is 0.226 e. The van der Waals surface area contributed by atoms with Gasteiger partial charge in [0, 0.05) is 46.5 Å². The zero-order valence-corrected chi connectivity index (χ0v) is 13.8. The molecule has 124 valence electrons. The summed E-state index contributed by atoms with van der Waals surface area (Å²) in [7, 11) is 3.81. The van der Waals surface area contributed by atoms with E-state index in [1.807, 2.05) is 36.0 Å². The zero-order chi connectivity index (χ0) is 17.1. The van der Waals surface area contributed by atoms with Gasteiger partial charge >= 0.3 is 0 Å². The van der Waals surface area contributed by atoms with Crippen molar-refractivity contribution in [1.29, 1.82) is 5.26 Å². The Hall–Kier alpha value is -2.88. The molecule has 2 heterocycles. The summed E-state index contributed by atoms with van der Waals surface area (Å²) in [6, 6.07) is 8.63. The molecule has 24 heavy (non-hydrogen) atoms. The van der Waals surface area contributed by atoms with E-state index in [0.29, 0.717) is 24.7 Å². The molecule has 0 unspecified atom stereocenters. The van der Waals surface area contributed by atoms with E-state index in [0.717, 1.165) is 18.9 Å². The van der Waals surface area contributed by atoms with Crippen LogP contribution >= 0.6 is 0 Å². The molecule has 1 aliphatic heterocycles. The fourth-order valence-electron chi connectivity index (χ4n) is 2.79. The molecule has 0 N–H and O–H groups in total. The van der Waals surface area contributed by atoms with Gasteiger partial charge in [-0.1, -0.05) is 6.07 Å². The molecule has 6 nitrogen and oxygen atoms in total. The molecule has 0 atom stereocenters. The lowest BCUT2D eigenvalue weighted by atomic mass is 10.1. The molecule has 7 heteroatoms. The zero-order valence-electron chi connectivity index (χ0n) is 13.8. The van der Waals surface area contributed by atoms with Gasteiger partial charge < -0.3 is 14.7 Å². The highest BCUT2D eigenvalue weighted by Gasteiger charge is 2.21. The van der Waals surface area contributed by atoms with Crippen molar-refractivity contribution in [3.63, 3.8) is 0 Å². The molecule has 0 aliphatic carbocycles. The topological polar surface area (TPSA) is 59.3 Å². The minimum absolute atomic E-state index is 0.114. The van der Waals surface area contributed by atoms with E-state index in [1.165, 1.54) is 6.07 Å². The number of nitriles is 1. The number of aromatic nitrogens is 2. The standard InChI is InChI=1S/C17H19FN6/c1-22(2)17-20-7-6-16(21-17)24-10-8-23(9-11-24)15-5-3-4-14(18)13(15)12-19/h3-7H,8-11H2,1-2H3. The Bertz CT molecular complexity index is 762. The maximum atomic E-state index is 13.8. The third-order valence-electron chi connectivity index (χ3n) is 4.08. The number of benzene rings is 1. The summed E-state index contributed by atoms with van der Waals surface area (Å²) in [4.78, 5) is 14.9. The van der Waals surface area contributed by atoms with E-state index in [9.17, 15) is 9.65 Å². The van der Waals surface area contributed by atoms with Crippen molar-refractivity contribution in [1.82, 2.24) is 9.97 Å². The van der Waals surface area contributed by atoms with Gasteiger partial charge in [-0.25, -0.2) is 9.37 Å². The monoisotopic (exact) mass is 326 g/mol. The molecule has 3 rings (SSSR count). The normalized spacial score (nSPS) is 14.4. The van der Waals surface area contributed by atoms with Gasteiger partial charge in [-0.2, -0.15) is 10.2 Å². The fourth-order valence-corrected chi connectivity index (χ4v) is 2.79. The first-order valence-corrected chi connectivity index (χ1v) is 7.79. The second-order valence-corrected chi connectivity index (χ2v) is 5.83. The predicted molar refractivity (Wildman–Crippen MR) is 91.9 cm³/mol. The number of piperazine rings is 1. The first kappa shape index (κ1) is 16.0. The van der Waals surface area contributed by atoms with Gasteiger partial charge in [0.25, 0.3) is 0 Å². The lowest BCUT2D eigenvalue weighted by Crippen LogP contribution is -2.47. The lowest BCUT2D eigenvalue weighted by Gasteiger charge is -2.37. The van der Waals surface area contributed by atoms with E-state index < -0.39 is 5.82 Å². The van der Waals surface area contributed by atoms with E-state index in [1.54, 1.807) is 18.3 Å². The molecule has 1 aromatic carbocycles. The molecule has 2 aromatic rings. The predicted octanol–water partition coefficient (Wildman–Crippen LogP) is 1.88. The Morgan fingerprint density at radius 1 is 1.12 bits per heavy atom. The second kappa shape index (κ2) is 6.71. The van der Waals surface area contributed by atoms with Crippen LogP contribution in [0.5, 0.6) is 0 Å². The van der Waals surface area contributed by atoms with Crippen molar-refractivity contribution in [2.45, 2.75) is 0 Å². The largest absolute Gasteiger partial charge is 0.367 e. The van der Waals surface area contributed by atoms with Crippen molar-refractivity contribution in [2.24, 2.45) is 0 Å². The average Bonchev–Trinajstić information content (AvgIpc) is 2.62. The maximum absolute atomic E-state index is 13.8. The lowest BCUT2D eigenvalue weighted by molar-refractivity contribution is 0.615. The number of hydrogen-bond acceptors (Lipinski definition) is 6. The van der Waals surface area contributed by atoms with Gasteiger partial charge in [0.1, 0.15) is 23.3 Å². The van der Waals surface area contributed by atoms with Crippen molar-refractivity contribution in [3.8, 4) is 6.07 Å². The number of halogens is 1. The molecule has 1 fully saturated rings. The highest BCUT2D eigenvalue weighted by Crippen LogP contribution is 2.25. The molecular formula is C17H19FN6. The molecule has 1 saturated heterocycles. The van der Waals surface area contributed by atoms with E-state index in [2.05, 4.69) is 14.9 Å². The number of anilines is 3. The Kier molecular flexibility index (Phi) is 4.47. The molecule has 0 radical (unpaired) electrons. The first-order valence-electron chi connectivity index (χ1n) is 7.79. The first-order chi connectivity index (χ1) is 11.6. The van der Waals surface area contributed by atoms with Gasteiger partial charge in [-0.15, -0.1) is 0 Å². The molecule has 1 aliphatic rings. The third kappa shape index (κ3) is 3.08. The molecule has 0 amide bonds. The van der Waals surface area contributed by atoms with E-state index in [4.69, 9.17) is 0 Å². The Morgan fingerprint density at radius 3 is 2.50 bits per heavy atom. The van der Waals surface area contributed by atoms with Crippen molar-refractivity contribution in [2.75, 3.05) is 55.0 Å². The van der Waals surface area contributed by atoms with Gasteiger partial charge in [-0.3, -0.25) is 0 Å². The van der Waals surface area contributed by atoms with Crippen LogP contribution in [0.1, 0.15) is 5.56 Å². The summed E-state index contributed by atoms with van der Waals surface area (Å²) in [5.41, 5.74) is 0.775. The SMILES string of the molecule is CN(C)c1nccc(N2CCN(c3cccc(F)c3C#N)CC2)n1. The molecule has 0 spiro atoms. The minimum atomic E-state index is -0.469. The van der Waals surface area contributed by atoms with Crippen molar-refractivity contribution in [3.05, 3.63) is 41.8 Å². The van der Waals surface area contributed by atoms with Crippen LogP contribution in [0.4, 0.5) is 21.8 Å². The van der Waals surface area contributed by atoms with Crippen LogP contribution in [0.25, 0.3) is 0 Å². The molecular weight excluding hydrogens is 307 g/mol. The Labute approximate surface area is 140 Å². The average molecular weight is 326 g/mol. The van der Waals surface area contributed by atoms with Gasteiger partial charge in [0.15, 0.2) is 0 Å². The van der Waals surface area contributed by atoms with Crippen LogP contribution in [0.2, 0.25) is 0 Å². The summed E-state index contributed by atoms with van der Waals surface area (Å²) in [6.07, 6.45) is 1.75. The highest BCUT2D eigenvalue weighted by molar-refractivity contribution is 5.61. The smallest absolute Gasteiger partial charge is 0.226 e. The summed E-state index contributed by atoms with van der Waals surface area (Å²) in [5, 5.41) is 9.19. The third-order valence-corrected chi connectivity index (χ3v) is 4.08. The number of rotatable bonds is 3. The van der Waals surface area contributed by atoms with Crippen LogP contribution in [0.15, 0.2) is 30.5 Å². The van der Waals surface area contributed by atoms with Crippen LogP contribution < -0.4 is 14.7 Å². The van der Waals surface area contributed by atoms with Gasteiger partial charge in [-0.05, 0) is 18.2 Å². The van der Waals surface area contributed by atoms with Crippen LogP contribution in [0, 0.1) is 17.1 Å². The molecule has 0 saturated carbocycles. The second-order valence-electron chi connectivity index (χ2n) is 5.83. The Morgan fingerprint density at radius 2 is 1.83 bits per heavy atom. The Balaban J connectivity index is 1.74. The van der Waals surface area contributed by atoms with Crippen molar-refractivity contribution < 1.29 is 4.39 Å². The molecule has 1 aromatic heterocycles. The number of hydrogen-bond donors (Lipinski definition) is 0. The number of nitrogens with zero attached hydrogens (tertiary/aromatic N) is 6. The summed E-state index contributed by atoms with van der Waals surface area (Å²) >= 11 is 0. The van der Waals surface area contributed by atoms with E-state index >= 15 is 0 Å². The summed E-state index contributed by atoms with van der Waals surface area (Å²) in [6.45, 7) is 2.93. The van der Waals surface area contributed by atoms with Crippen LogP contribution in [-0.2, 0) is 0 Å². The summed E-state index contributed by atoms with van der Waals surface area (Å²) in [5.74, 6) is 1.09. The summed E-state index contributed by atoms with van der Waals surface area (Å²) < 4.78 is 13.8. The van der Waals surface area contributed by atoms with Gasteiger partial charge in [0.05, 0.1) is 5.69 Å². The fraction of sp³-hybridized carbons (Fsp3) is 0.353.